The number of nitrogens with zero attached hydrogens (tertiary/aromatic N) is 2. The van der Waals surface area contributed by atoms with E-state index in [1.807, 2.05) is 0 Å². The van der Waals surface area contributed by atoms with Crippen molar-refractivity contribution in [3.8, 4) is 0 Å². The zero-order valence-corrected chi connectivity index (χ0v) is 43.8. The molecule has 2 aliphatic heterocycles. The van der Waals surface area contributed by atoms with E-state index in [4.69, 9.17) is 28.6 Å². The van der Waals surface area contributed by atoms with Gasteiger partial charge in [-0.05, 0) is 303 Å². The lowest BCUT2D eigenvalue weighted by atomic mass is 9.50. The van der Waals surface area contributed by atoms with Crippen LogP contribution in [0.25, 0.3) is 259 Å². The summed E-state index contributed by atoms with van der Waals surface area (Å²) in [6, 6.07) is 0. The topological polar surface area (TPSA) is 61.9 Å². The van der Waals surface area contributed by atoms with Crippen LogP contribution < -0.4 is 0 Å². The van der Waals surface area contributed by atoms with E-state index in [9.17, 15) is 0 Å². The summed E-state index contributed by atoms with van der Waals surface area (Å²) in [4.78, 5) is 14.7. The standard InChI is InChI=1S/C74H30N2O6/c1-77-3-5-79-7-9-81-75-11-71-63-47-31-15-17-35-23-19(31)39-27-28-40-20-24-36-18-16-32(20)48(64(71)56(40)55(39)63)50-34(16)22-26-38(18)54-52(36)68-60(44(24)28)59(43(23)27)67-51(35)53-37(17)25-21-33(15)49(47)65-57-41(21)29-30(42(22)58(57)66(50)72(65,71)12-75)46(26)62-61(45(25)29)69(53)74(70(54)62)14-76(13-73(67,68)74)82-10-8-80-6-4-78-2/h3-14H2,1-2H3. The van der Waals surface area contributed by atoms with Gasteiger partial charge < -0.3 is 18.9 Å². The van der Waals surface area contributed by atoms with Gasteiger partial charge in [-0.3, -0.25) is 9.68 Å². The number of hydrogen-bond donors (Lipinski definition) is 0. The Kier molecular flexibility index (Phi) is 3.83. The van der Waals surface area contributed by atoms with Gasteiger partial charge in [0.15, 0.2) is 0 Å². The van der Waals surface area contributed by atoms with Gasteiger partial charge in [0, 0.05) is 40.4 Å². The smallest absolute Gasteiger partial charge is 0.0918 e. The molecule has 0 atom stereocenters. The molecule has 0 aromatic heterocycles. The number of hydrogen-bond acceptors (Lipinski definition) is 8. The van der Waals surface area contributed by atoms with Crippen molar-refractivity contribution in [3.05, 3.63) is 44.5 Å². The average molecular weight is 1040 g/mol. The fourth-order valence-electron chi connectivity index (χ4n) is 28.1. The van der Waals surface area contributed by atoms with Gasteiger partial charge >= 0.3 is 0 Å². The normalized spacial score (nSPS) is 26.3. The molecule has 82 heavy (non-hydrogen) atoms. The Labute approximate surface area is 454 Å². The van der Waals surface area contributed by atoms with Crippen LogP contribution in [0.4, 0.5) is 0 Å². The van der Waals surface area contributed by atoms with E-state index in [0.29, 0.717) is 52.9 Å². The van der Waals surface area contributed by atoms with Crippen LogP contribution in [-0.2, 0) is 50.3 Å². The molecule has 8 heteroatoms. The highest BCUT2D eigenvalue weighted by atomic mass is 16.7. The quantitative estimate of drug-likeness (QED) is 0.0789. The first-order chi connectivity index (χ1) is 40.8. The van der Waals surface area contributed by atoms with Crippen molar-refractivity contribution in [1.82, 2.24) is 10.1 Å². The van der Waals surface area contributed by atoms with Gasteiger partial charge in [0.2, 0.25) is 0 Å². The van der Waals surface area contributed by atoms with E-state index in [2.05, 4.69) is 10.1 Å². The molecule has 0 N–H and O–H groups in total. The van der Waals surface area contributed by atoms with Crippen molar-refractivity contribution in [1.29, 1.82) is 0 Å². The summed E-state index contributed by atoms with van der Waals surface area (Å²) in [6.45, 7) is 7.94. The van der Waals surface area contributed by atoms with Gasteiger partial charge in [0.1, 0.15) is 0 Å². The van der Waals surface area contributed by atoms with E-state index >= 15 is 0 Å². The summed E-state index contributed by atoms with van der Waals surface area (Å²) in [7, 11) is 3.52. The fraction of sp³-hybridized carbons (Fsp3) is 0.243. The Morgan fingerprint density at radius 2 is 0.354 bits per heavy atom. The maximum absolute atomic E-state index is 7.35. The van der Waals surface area contributed by atoms with Crippen LogP contribution in [0.2, 0.25) is 0 Å². The zero-order valence-electron chi connectivity index (χ0n) is 43.8. The van der Waals surface area contributed by atoms with Crippen LogP contribution in [0.1, 0.15) is 44.5 Å². The SMILES string of the molecule is COCCOCCON1CC23c4c5c6c7c8c9c(c%10c%11c2c2c4c4c%12c5c5c6c6c8c8c%13c%14c%15c%16c%17c%18c%19c%20c%21c%22c%23c(c%14c%14c%24c%23c%23c%22c%22c%20c(c2c%22c%11c%23c%10c%24c9c%148)c4c%19c%12c%17c5c%16c%136)C%152CN(OCCOCCOC)CC%18%212)C73C1. The van der Waals surface area contributed by atoms with E-state index in [1.54, 1.807) is 317 Å². The minimum Gasteiger partial charge on any atom is -0.382 e. The second kappa shape index (κ2) is 8.86. The van der Waals surface area contributed by atoms with Crippen molar-refractivity contribution in [2.75, 3.05) is 93.3 Å². The summed E-state index contributed by atoms with van der Waals surface area (Å²) < 4.78 is 23.3. The molecule has 10 aliphatic rings. The molecule has 2 heterocycles. The molecule has 2 fully saturated rings. The minimum atomic E-state index is -0.337. The molecule has 8 aliphatic carbocycles. The van der Waals surface area contributed by atoms with E-state index in [-0.39, 0.29) is 21.7 Å². The molecule has 2 saturated heterocycles. The highest BCUT2D eigenvalue weighted by molar-refractivity contribution is 6.77. The Balaban J connectivity index is 0.937. The molecule has 372 valence electrons. The van der Waals surface area contributed by atoms with Crippen molar-refractivity contribution in [3.63, 3.8) is 0 Å². The molecule has 8 nitrogen and oxygen atoms in total. The maximum Gasteiger partial charge on any atom is 0.0918 e. The molecule has 34 rings (SSSR count). The highest BCUT2D eigenvalue weighted by Crippen LogP contribution is 2.88. The van der Waals surface area contributed by atoms with E-state index in [0.717, 1.165) is 26.2 Å². The molecule has 24 aromatic carbocycles. The van der Waals surface area contributed by atoms with Gasteiger partial charge in [-0.15, -0.1) is 0 Å². The summed E-state index contributed by atoms with van der Waals surface area (Å²) in [5.74, 6) is 0. The van der Waals surface area contributed by atoms with E-state index in [1.165, 1.54) is 0 Å². The lowest BCUT2D eigenvalue weighted by Crippen LogP contribution is -2.51. The van der Waals surface area contributed by atoms with E-state index < -0.39 is 0 Å². The van der Waals surface area contributed by atoms with Crippen LogP contribution in [0, 0.1) is 0 Å². The van der Waals surface area contributed by atoms with Crippen molar-refractivity contribution in [2.45, 2.75) is 21.7 Å². The van der Waals surface area contributed by atoms with Crippen LogP contribution >= 0.6 is 0 Å². The number of rotatable bonds is 14. The number of methoxy groups -OCH3 is 2. The lowest BCUT2D eigenvalue weighted by Gasteiger charge is -2.49. The molecular weight excluding hydrogens is 1010 g/mol. The number of hydroxylamine groups is 4. The van der Waals surface area contributed by atoms with Crippen LogP contribution in [0.5, 0.6) is 0 Å². The van der Waals surface area contributed by atoms with Crippen molar-refractivity contribution < 1.29 is 28.6 Å². The first kappa shape index (κ1) is 35.4. The monoisotopic (exact) mass is 1040 g/mol. The first-order valence-corrected chi connectivity index (χ1v) is 30.7. The predicted octanol–water partition coefficient (Wildman–Crippen LogP) is 14.7. The largest absolute Gasteiger partial charge is 0.382 e. The molecular formula is C74H30N2O6. The Morgan fingerprint density at radius 3 is 0.512 bits per heavy atom. The number of ether oxygens (including phenoxy) is 4. The van der Waals surface area contributed by atoms with Gasteiger partial charge in [0.05, 0.1) is 74.5 Å². The highest BCUT2D eigenvalue weighted by Gasteiger charge is 2.76. The summed E-state index contributed by atoms with van der Waals surface area (Å²) in [5.41, 5.74) is 12.3. The molecule has 0 bridgehead atoms. The van der Waals surface area contributed by atoms with Gasteiger partial charge in [-0.2, -0.15) is 10.1 Å². The predicted molar refractivity (Wildman–Crippen MR) is 327 cm³/mol. The first-order valence-electron chi connectivity index (χ1n) is 30.7. The van der Waals surface area contributed by atoms with Crippen molar-refractivity contribution >= 4 is 259 Å². The molecule has 0 saturated carbocycles. The molecule has 0 unspecified atom stereocenters. The summed E-state index contributed by atoms with van der Waals surface area (Å²) in [5, 5.41) is 83.6. The summed E-state index contributed by atoms with van der Waals surface area (Å²) >= 11 is 0. The van der Waals surface area contributed by atoms with Gasteiger partial charge in [-0.1, -0.05) is 0 Å². The van der Waals surface area contributed by atoms with Gasteiger partial charge in [-0.25, -0.2) is 0 Å². The second-order valence-electron chi connectivity index (χ2n) is 29.1. The second-order valence-corrected chi connectivity index (χ2v) is 29.1. The lowest BCUT2D eigenvalue weighted by molar-refractivity contribution is -0.159. The Hall–Kier alpha value is -7.60. The molecule has 0 radical (unpaired) electrons. The number of benzene rings is 16. The average Bonchev–Trinajstić information content (AvgIpc) is 2.39. The molecule has 24 aromatic rings. The minimum absolute atomic E-state index is 0.337. The zero-order chi connectivity index (χ0) is 50.2. The van der Waals surface area contributed by atoms with Crippen molar-refractivity contribution in [2.24, 2.45) is 0 Å². The van der Waals surface area contributed by atoms with Gasteiger partial charge in [0.25, 0.3) is 0 Å². The molecule has 0 amide bonds. The third-order valence-corrected chi connectivity index (χ3v) is 28.4. The summed E-state index contributed by atoms with van der Waals surface area (Å²) in [6.07, 6.45) is 0. The maximum atomic E-state index is 7.35. The fourth-order valence-corrected chi connectivity index (χ4v) is 28.1. The Morgan fingerprint density at radius 1 is 0.207 bits per heavy atom. The van der Waals surface area contributed by atoms with Crippen LogP contribution in [-0.4, -0.2) is 103 Å². The van der Waals surface area contributed by atoms with Crippen LogP contribution in [0.3, 0.4) is 0 Å². The third-order valence-electron chi connectivity index (χ3n) is 28.4. The Bertz CT molecular complexity index is 6220. The van der Waals surface area contributed by atoms with Crippen LogP contribution in [0.15, 0.2) is 0 Å². The third kappa shape index (κ3) is 2.15. The molecule has 4 spiro atoms.